The van der Waals surface area contributed by atoms with Crippen molar-refractivity contribution in [2.45, 2.75) is 85.5 Å². The molecule has 0 unspecified atom stereocenters. The first-order chi connectivity index (χ1) is 27.5. The van der Waals surface area contributed by atoms with E-state index in [1.807, 2.05) is 19.6 Å². The van der Waals surface area contributed by atoms with Gasteiger partial charge in [-0.2, -0.15) is 0 Å². The second-order valence-electron chi connectivity index (χ2n) is 18.1. The smallest absolute Gasteiger partial charge is 0.320 e. The summed E-state index contributed by atoms with van der Waals surface area (Å²) in [6.07, 6.45) is -0.263. The van der Waals surface area contributed by atoms with Crippen LogP contribution in [0, 0.1) is 0 Å². The monoisotopic (exact) mass is 857 g/mol. The van der Waals surface area contributed by atoms with Gasteiger partial charge in [-0.1, -0.05) is 0 Å². The van der Waals surface area contributed by atoms with Gasteiger partial charge >= 0.3 is 23.9 Å². The number of hydrogen-bond acceptors (Lipinski definition) is 15. The molecule has 0 aromatic carbocycles. The van der Waals surface area contributed by atoms with E-state index in [2.05, 4.69) is 5.32 Å². The average molecular weight is 857 g/mol. The van der Waals surface area contributed by atoms with Crippen molar-refractivity contribution in [2.24, 2.45) is 0 Å². The number of aliphatic carboxylic acids is 1. The average Bonchev–Trinajstić information content (AvgIpc) is 3.06. The first kappa shape index (κ1) is 53.6. The van der Waals surface area contributed by atoms with E-state index in [-0.39, 0.29) is 64.7 Å². The van der Waals surface area contributed by atoms with E-state index in [1.54, 1.807) is 62.3 Å². The van der Waals surface area contributed by atoms with Crippen LogP contribution in [0.2, 0.25) is 0 Å². The molecule has 0 aliphatic carbocycles. The summed E-state index contributed by atoms with van der Waals surface area (Å²) in [5.74, 6) is -4.31. The number of carboxylic acid groups (broad SMARTS) is 1. The first-order valence-corrected chi connectivity index (χ1v) is 20.3. The molecule has 4 amide bonds. The Balaban J connectivity index is 3.17. The maximum Gasteiger partial charge on any atom is 0.320 e. The summed E-state index contributed by atoms with van der Waals surface area (Å²) in [5.41, 5.74) is -2.09. The molecule has 0 saturated carbocycles. The van der Waals surface area contributed by atoms with Crippen molar-refractivity contribution in [3.8, 4) is 0 Å². The minimum absolute atomic E-state index is 0.00308. The number of nitrogens with one attached hydrogen (secondary N) is 1. The molecule has 20 heteroatoms. The van der Waals surface area contributed by atoms with Crippen LogP contribution in [0.3, 0.4) is 0 Å². The number of ether oxygens (including phenoxy) is 3. The third kappa shape index (κ3) is 25.3. The molecular weight excluding hydrogens is 784 g/mol. The van der Waals surface area contributed by atoms with Crippen LogP contribution in [0.25, 0.3) is 0 Å². The zero-order chi connectivity index (χ0) is 46.0. The Morgan fingerprint density at radius 2 is 0.767 bits per heavy atom. The van der Waals surface area contributed by atoms with Crippen molar-refractivity contribution in [3.63, 3.8) is 0 Å². The number of esters is 3. The topological polar surface area (TPSA) is 219 Å². The van der Waals surface area contributed by atoms with Crippen LogP contribution < -0.4 is 5.32 Å². The van der Waals surface area contributed by atoms with Crippen molar-refractivity contribution < 1.29 is 57.7 Å². The molecule has 1 fully saturated rings. The maximum atomic E-state index is 13.6. The molecule has 1 aliphatic rings. The van der Waals surface area contributed by atoms with E-state index >= 15 is 0 Å². The molecule has 0 bridgehead atoms. The lowest BCUT2D eigenvalue weighted by Gasteiger charge is -2.34. The highest BCUT2D eigenvalue weighted by Crippen LogP contribution is 2.12. The minimum atomic E-state index is -1.07. The molecule has 344 valence electrons. The Kier molecular flexibility index (Phi) is 22.1. The Bertz CT molecular complexity index is 1430. The quantitative estimate of drug-likeness (QED) is 0.135. The molecular formula is C40H72N8O12. The predicted molar refractivity (Wildman–Crippen MR) is 221 cm³/mol. The highest BCUT2D eigenvalue weighted by atomic mass is 16.6. The van der Waals surface area contributed by atoms with Crippen LogP contribution in [-0.4, -0.2) is 230 Å². The van der Waals surface area contributed by atoms with Gasteiger partial charge in [-0.25, -0.2) is 0 Å². The fourth-order valence-corrected chi connectivity index (χ4v) is 5.68. The Morgan fingerprint density at radius 3 is 1.07 bits per heavy atom. The number of carbonyl (C=O) groups excluding carboxylic acids is 7. The van der Waals surface area contributed by atoms with Gasteiger partial charge in [0.1, 0.15) is 16.8 Å². The molecule has 1 aliphatic heterocycles. The zero-order valence-electron chi connectivity index (χ0n) is 38.1. The maximum absolute atomic E-state index is 13.6. The van der Waals surface area contributed by atoms with Crippen molar-refractivity contribution in [3.05, 3.63) is 0 Å². The number of hydrogen-bond donors (Lipinski definition) is 2. The van der Waals surface area contributed by atoms with Crippen LogP contribution in [0.15, 0.2) is 0 Å². The number of rotatable bonds is 17. The summed E-state index contributed by atoms with van der Waals surface area (Å²) in [7, 11) is 4.26. The van der Waals surface area contributed by atoms with Crippen molar-refractivity contribution in [1.82, 2.24) is 39.6 Å². The molecule has 60 heavy (non-hydrogen) atoms. The minimum Gasteiger partial charge on any atom is -0.481 e. The molecule has 0 atom stereocenters. The number of carbonyl (C=O) groups is 8. The van der Waals surface area contributed by atoms with Crippen LogP contribution >= 0.6 is 0 Å². The standard InChI is InChI=1S/C40H72N8O12/c1-38(2,3)58-35(55)27-46-17-15-45(26-33(52)44(12)25-32(51)43(11)24-31(50)42(10)23-30(49)41-14-13-34(53)54)16-18-47(28-36(56)59-39(4,5)6)20-22-48(21-19-46)29-37(57)60-40(7,8)9/h13-29H2,1-12H3,(H,41,49)(H,53,54). The second kappa shape index (κ2) is 24.8. The van der Waals surface area contributed by atoms with Gasteiger partial charge in [-0.15, -0.1) is 0 Å². The highest BCUT2D eigenvalue weighted by molar-refractivity contribution is 5.90. The van der Waals surface area contributed by atoms with Crippen molar-refractivity contribution >= 4 is 47.5 Å². The summed E-state index contributed by atoms with van der Waals surface area (Å²) in [4.78, 5) is 112. The largest absolute Gasteiger partial charge is 0.481 e. The molecule has 0 radical (unpaired) electrons. The van der Waals surface area contributed by atoms with Crippen LogP contribution in [0.1, 0.15) is 68.7 Å². The van der Waals surface area contributed by atoms with Gasteiger partial charge < -0.3 is 39.3 Å². The van der Waals surface area contributed by atoms with Gasteiger partial charge in [0.05, 0.1) is 52.2 Å². The first-order valence-electron chi connectivity index (χ1n) is 20.3. The molecule has 20 nitrogen and oxygen atoms in total. The molecule has 1 heterocycles. The van der Waals surface area contributed by atoms with E-state index in [4.69, 9.17) is 19.3 Å². The van der Waals surface area contributed by atoms with E-state index in [1.165, 1.54) is 26.0 Å². The van der Waals surface area contributed by atoms with Gasteiger partial charge in [-0.3, -0.25) is 58.0 Å². The lowest BCUT2D eigenvalue weighted by Crippen LogP contribution is -2.51. The summed E-state index contributed by atoms with van der Waals surface area (Å²) in [6.45, 7) is 17.7. The molecule has 2 N–H and O–H groups in total. The van der Waals surface area contributed by atoms with Crippen molar-refractivity contribution in [2.75, 3.05) is 126 Å². The Hall–Kier alpha value is -4.40. The Labute approximate surface area is 355 Å². The van der Waals surface area contributed by atoms with Gasteiger partial charge in [0.15, 0.2) is 0 Å². The second-order valence-corrected chi connectivity index (χ2v) is 18.1. The van der Waals surface area contributed by atoms with Gasteiger partial charge in [0.25, 0.3) is 0 Å². The molecule has 0 aromatic heterocycles. The highest BCUT2D eigenvalue weighted by Gasteiger charge is 2.27. The van der Waals surface area contributed by atoms with E-state index < -0.39 is 58.4 Å². The SMILES string of the molecule is CN(CC(=O)NCCC(=O)O)C(=O)CN(C)C(=O)CN(C)C(=O)CN1CCN(CC(=O)OC(C)(C)C)CCN(CC(=O)OC(C)(C)C)CCN(CC(=O)OC(C)(C)C)CC1. The van der Waals surface area contributed by atoms with E-state index in [9.17, 15) is 38.4 Å². The van der Waals surface area contributed by atoms with E-state index in [0.29, 0.717) is 52.4 Å². The lowest BCUT2D eigenvalue weighted by atomic mass is 10.2. The summed E-state index contributed by atoms with van der Waals surface area (Å²) >= 11 is 0. The zero-order valence-corrected chi connectivity index (χ0v) is 38.1. The molecule has 1 saturated heterocycles. The normalized spacial score (nSPS) is 15.7. The summed E-state index contributed by atoms with van der Waals surface area (Å²) in [6, 6.07) is 0. The third-order valence-corrected chi connectivity index (χ3v) is 8.67. The number of carboxylic acids is 1. The molecule has 0 aromatic rings. The lowest BCUT2D eigenvalue weighted by molar-refractivity contribution is -0.158. The van der Waals surface area contributed by atoms with Gasteiger partial charge in [0.2, 0.25) is 23.6 Å². The van der Waals surface area contributed by atoms with Crippen molar-refractivity contribution in [1.29, 1.82) is 0 Å². The molecule has 0 spiro atoms. The number of nitrogens with zero attached hydrogens (tertiary/aromatic N) is 7. The Morgan fingerprint density at radius 1 is 0.483 bits per heavy atom. The van der Waals surface area contributed by atoms with Crippen LogP contribution in [-0.2, 0) is 52.6 Å². The fourth-order valence-electron chi connectivity index (χ4n) is 5.68. The van der Waals surface area contributed by atoms with Crippen LogP contribution in [0.5, 0.6) is 0 Å². The predicted octanol–water partition coefficient (Wildman–Crippen LogP) is -0.801. The number of amides is 4. The summed E-state index contributed by atoms with van der Waals surface area (Å²) in [5, 5.41) is 11.2. The van der Waals surface area contributed by atoms with Gasteiger partial charge in [-0.05, 0) is 62.3 Å². The van der Waals surface area contributed by atoms with Gasteiger partial charge in [0, 0.05) is 80.0 Å². The van der Waals surface area contributed by atoms with Crippen LogP contribution in [0.4, 0.5) is 0 Å². The fraction of sp³-hybridized carbons (Fsp3) is 0.800. The van der Waals surface area contributed by atoms with E-state index in [0.717, 1.165) is 9.80 Å². The molecule has 1 rings (SSSR count). The third-order valence-electron chi connectivity index (χ3n) is 8.67. The summed E-state index contributed by atoms with van der Waals surface area (Å²) < 4.78 is 16.8. The number of likely N-dealkylation sites (N-methyl/N-ethyl adjacent to an activating group) is 3.